The van der Waals surface area contributed by atoms with Gasteiger partial charge in [-0.2, -0.15) is 0 Å². The van der Waals surface area contributed by atoms with Crippen molar-refractivity contribution in [3.8, 4) is 0 Å². The molecule has 1 amide bonds. The summed E-state index contributed by atoms with van der Waals surface area (Å²) in [5.41, 5.74) is 7.73. The number of nitrogens with two attached hydrogens (primary N) is 1. The summed E-state index contributed by atoms with van der Waals surface area (Å²) in [5.74, 6) is 0.0835. The lowest BCUT2D eigenvalue weighted by Crippen LogP contribution is -2.51. The molecule has 1 heterocycles. The summed E-state index contributed by atoms with van der Waals surface area (Å²) in [7, 11) is 0. The van der Waals surface area contributed by atoms with Crippen LogP contribution in [0.1, 0.15) is 32.1 Å². The number of amides is 1. The highest BCUT2D eigenvalue weighted by Gasteiger charge is 2.33. The van der Waals surface area contributed by atoms with Gasteiger partial charge in [-0.3, -0.25) is 4.79 Å². The number of hydrogen-bond acceptors (Lipinski definition) is 3. The summed E-state index contributed by atoms with van der Waals surface area (Å²) >= 11 is 0. The second-order valence-corrected chi connectivity index (χ2v) is 5.92. The van der Waals surface area contributed by atoms with E-state index in [4.69, 9.17) is 5.73 Å². The van der Waals surface area contributed by atoms with Gasteiger partial charge in [0.2, 0.25) is 5.91 Å². The Balaban J connectivity index is 0.00000132. The summed E-state index contributed by atoms with van der Waals surface area (Å²) in [5, 5.41) is 3.15. The van der Waals surface area contributed by atoms with Crippen LogP contribution < -0.4 is 11.1 Å². The van der Waals surface area contributed by atoms with Crippen molar-refractivity contribution in [3.05, 3.63) is 30.6 Å². The minimum Gasteiger partial charge on any atom is -0.349 e. The predicted octanol–water partition coefficient (Wildman–Crippen LogP) is 2.66. The van der Waals surface area contributed by atoms with E-state index in [0.29, 0.717) is 19.5 Å². The van der Waals surface area contributed by atoms with Crippen LogP contribution in [0.15, 0.2) is 30.6 Å². The van der Waals surface area contributed by atoms with Crippen LogP contribution in [-0.4, -0.2) is 27.5 Å². The van der Waals surface area contributed by atoms with Crippen LogP contribution in [0.25, 0.3) is 11.0 Å². The van der Waals surface area contributed by atoms with Gasteiger partial charge in [-0.05, 0) is 25.0 Å². The maximum absolute atomic E-state index is 12.2. The van der Waals surface area contributed by atoms with E-state index >= 15 is 0 Å². The van der Waals surface area contributed by atoms with Crippen molar-refractivity contribution in [3.63, 3.8) is 0 Å². The highest BCUT2D eigenvalue weighted by Crippen LogP contribution is 2.28. The summed E-state index contributed by atoms with van der Waals surface area (Å²) in [6.45, 7) is 1.18. The zero-order chi connectivity index (χ0) is 14.7. The first-order valence-electron chi connectivity index (χ1n) is 7.63. The lowest BCUT2D eigenvalue weighted by molar-refractivity contribution is -0.123. The molecule has 1 aliphatic rings. The third-order valence-electron chi connectivity index (χ3n) is 4.46. The lowest BCUT2D eigenvalue weighted by atomic mass is 9.97. The molecule has 1 aromatic carbocycles. The Bertz CT molecular complexity index is 638. The normalized spacial score (nSPS) is 15.7. The number of aromatic nitrogens is 2. The molecule has 2 aromatic rings. The highest BCUT2D eigenvalue weighted by molar-refractivity contribution is 5.85. The Kier molecular flexibility index (Phi) is 7.32. The Morgan fingerprint density at radius 3 is 2.65 bits per heavy atom. The molecular formula is C16H24Cl2N4O. The van der Waals surface area contributed by atoms with E-state index in [0.717, 1.165) is 36.7 Å². The molecule has 0 spiro atoms. The lowest BCUT2D eigenvalue weighted by Gasteiger charge is -2.28. The molecule has 0 atom stereocenters. The van der Waals surface area contributed by atoms with E-state index in [2.05, 4.69) is 10.3 Å². The number of hydrogen-bond donors (Lipinski definition) is 2. The van der Waals surface area contributed by atoms with E-state index in [1.165, 1.54) is 0 Å². The van der Waals surface area contributed by atoms with Gasteiger partial charge in [0.05, 0.1) is 22.9 Å². The standard InChI is InChI=1S/C16H22N4O.2ClH/c17-11-16(8-3-4-9-16)19-15(21)7-10-20-12-18-13-5-1-2-6-14(13)20;;/h1-2,5-6,12H,3-4,7-11,17H2,(H,19,21);2*1H. The van der Waals surface area contributed by atoms with Gasteiger partial charge in [-0.25, -0.2) is 4.98 Å². The minimum absolute atomic E-state index is 0. The number of benzene rings is 1. The summed E-state index contributed by atoms with van der Waals surface area (Å²) < 4.78 is 2.03. The molecule has 1 saturated carbocycles. The molecule has 0 bridgehead atoms. The van der Waals surface area contributed by atoms with Crippen LogP contribution in [0.5, 0.6) is 0 Å². The summed E-state index contributed by atoms with van der Waals surface area (Å²) in [6.07, 6.45) is 6.58. The van der Waals surface area contributed by atoms with Crippen molar-refractivity contribution in [2.45, 2.75) is 44.2 Å². The van der Waals surface area contributed by atoms with Crippen LogP contribution >= 0.6 is 24.8 Å². The fraction of sp³-hybridized carbons (Fsp3) is 0.500. The second kappa shape index (κ2) is 8.52. The number of aryl methyl sites for hydroxylation is 1. The molecule has 0 aliphatic heterocycles. The molecule has 5 nitrogen and oxygen atoms in total. The van der Waals surface area contributed by atoms with Crippen molar-refractivity contribution in [1.82, 2.24) is 14.9 Å². The van der Waals surface area contributed by atoms with Crippen molar-refractivity contribution < 1.29 is 4.79 Å². The van der Waals surface area contributed by atoms with Gasteiger partial charge in [0.15, 0.2) is 0 Å². The van der Waals surface area contributed by atoms with Gasteiger partial charge in [-0.1, -0.05) is 25.0 Å². The molecule has 0 saturated heterocycles. The van der Waals surface area contributed by atoms with Crippen LogP contribution in [0.4, 0.5) is 0 Å². The smallest absolute Gasteiger partial charge is 0.222 e. The number of nitrogens with zero attached hydrogens (tertiary/aromatic N) is 2. The SMILES string of the molecule is Cl.Cl.NCC1(NC(=O)CCn2cnc3ccccc32)CCCC1. The number of halogens is 2. The van der Waals surface area contributed by atoms with E-state index in [1.54, 1.807) is 6.33 Å². The highest BCUT2D eigenvalue weighted by atomic mass is 35.5. The molecule has 3 rings (SSSR count). The van der Waals surface area contributed by atoms with Crippen LogP contribution in [0.2, 0.25) is 0 Å². The van der Waals surface area contributed by atoms with Crippen LogP contribution in [0.3, 0.4) is 0 Å². The second-order valence-electron chi connectivity index (χ2n) is 5.92. The first-order valence-corrected chi connectivity index (χ1v) is 7.63. The van der Waals surface area contributed by atoms with Gasteiger partial charge in [0, 0.05) is 19.5 Å². The number of para-hydroxylation sites is 2. The number of nitrogens with one attached hydrogen (secondary N) is 1. The summed E-state index contributed by atoms with van der Waals surface area (Å²) in [6, 6.07) is 7.96. The molecule has 3 N–H and O–H groups in total. The van der Waals surface area contributed by atoms with Gasteiger partial charge < -0.3 is 15.6 Å². The molecular weight excluding hydrogens is 335 g/mol. The number of imidazole rings is 1. The average molecular weight is 359 g/mol. The zero-order valence-electron chi connectivity index (χ0n) is 13.0. The summed E-state index contributed by atoms with van der Waals surface area (Å²) in [4.78, 5) is 16.5. The van der Waals surface area contributed by atoms with Gasteiger partial charge >= 0.3 is 0 Å². The monoisotopic (exact) mass is 358 g/mol. The molecule has 7 heteroatoms. The maximum atomic E-state index is 12.2. The zero-order valence-corrected chi connectivity index (χ0v) is 14.7. The topological polar surface area (TPSA) is 72.9 Å². The minimum atomic E-state index is -0.159. The Hall–Kier alpha value is -1.30. The van der Waals surface area contributed by atoms with Crippen LogP contribution in [0, 0.1) is 0 Å². The average Bonchev–Trinajstić information content (AvgIpc) is 3.12. The predicted molar refractivity (Wildman–Crippen MR) is 97.2 cm³/mol. The molecule has 0 radical (unpaired) electrons. The quantitative estimate of drug-likeness (QED) is 0.862. The van der Waals surface area contributed by atoms with E-state index in [1.807, 2.05) is 28.8 Å². The fourth-order valence-corrected chi connectivity index (χ4v) is 3.20. The molecule has 23 heavy (non-hydrogen) atoms. The molecule has 0 unspecified atom stereocenters. The number of fused-ring (bicyclic) bond motifs is 1. The largest absolute Gasteiger partial charge is 0.349 e. The first-order chi connectivity index (χ1) is 10.2. The van der Waals surface area contributed by atoms with Gasteiger partial charge in [-0.15, -0.1) is 24.8 Å². The third-order valence-corrected chi connectivity index (χ3v) is 4.46. The Morgan fingerprint density at radius 1 is 1.26 bits per heavy atom. The molecule has 1 aromatic heterocycles. The van der Waals surface area contributed by atoms with E-state index in [9.17, 15) is 4.79 Å². The first kappa shape index (κ1) is 19.7. The Morgan fingerprint density at radius 2 is 1.96 bits per heavy atom. The van der Waals surface area contributed by atoms with Crippen molar-refractivity contribution >= 4 is 41.8 Å². The molecule has 128 valence electrons. The molecule has 1 aliphatic carbocycles. The van der Waals surface area contributed by atoms with Crippen LogP contribution in [-0.2, 0) is 11.3 Å². The number of carbonyl (C=O) groups is 1. The van der Waals surface area contributed by atoms with Crippen molar-refractivity contribution in [1.29, 1.82) is 0 Å². The van der Waals surface area contributed by atoms with E-state index in [-0.39, 0.29) is 36.3 Å². The maximum Gasteiger partial charge on any atom is 0.222 e. The number of carbonyl (C=O) groups excluding carboxylic acids is 1. The van der Waals surface area contributed by atoms with Gasteiger partial charge in [0.25, 0.3) is 0 Å². The van der Waals surface area contributed by atoms with Crippen molar-refractivity contribution in [2.24, 2.45) is 5.73 Å². The Labute approximate surface area is 148 Å². The fourth-order valence-electron chi connectivity index (χ4n) is 3.20. The third kappa shape index (κ3) is 4.37. The van der Waals surface area contributed by atoms with E-state index < -0.39 is 0 Å². The molecule has 1 fully saturated rings. The number of rotatable bonds is 5. The van der Waals surface area contributed by atoms with Gasteiger partial charge in [0.1, 0.15) is 0 Å². The van der Waals surface area contributed by atoms with Crippen molar-refractivity contribution in [2.75, 3.05) is 6.54 Å².